The van der Waals surface area contributed by atoms with Crippen LogP contribution in [0.3, 0.4) is 0 Å². The van der Waals surface area contributed by atoms with Crippen molar-refractivity contribution in [2.45, 2.75) is 60.2 Å². The average Bonchev–Trinajstić information content (AvgIpc) is 3.04. The molecule has 4 nitrogen and oxygen atoms in total. The van der Waals surface area contributed by atoms with Crippen molar-refractivity contribution in [2.24, 2.45) is 0 Å². The van der Waals surface area contributed by atoms with E-state index in [0.717, 1.165) is 61.5 Å². The van der Waals surface area contributed by atoms with Crippen LogP contribution in [0.2, 0.25) is 0 Å². The average molecular weight is 561 g/mol. The second-order valence-electron chi connectivity index (χ2n) is 13.1. The summed E-state index contributed by atoms with van der Waals surface area (Å²) in [5.74, 6) is 3.62. The molecule has 0 aliphatic heterocycles. The van der Waals surface area contributed by atoms with Crippen LogP contribution < -0.4 is 18.9 Å². The van der Waals surface area contributed by atoms with Crippen LogP contribution in [0, 0.1) is 0 Å². The Kier molecular flexibility index (Phi) is 6.31. The highest BCUT2D eigenvalue weighted by atomic mass is 16.5. The van der Waals surface area contributed by atoms with Crippen molar-refractivity contribution in [1.82, 2.24) is 0 Å². The molecule has 0 saturated heterocycles. The van der Waals surface area contributed by atoms with E-state index in [1.165, 1.54) is 22.3 Å². The van der Waals surface area contributed by atoms with Crippen LogP contribution in [0.1, 0.15) is 60.8 Å². The predicted octanol–water partition coefficient (Wildman–Crippen LogP) is 8.15. The highest BCUT2D eigenvalue weighted by molar-refractivity contribution is 5.51. The van der Waals surface area contributed by atoms with E-state index in [1.54, 1.807) is 28.4 Å². The molecule has 0 aromatic heterocycles. The molecule has 4 heteroatoms. The normalized spacial score (nSPS) is 29.2. The number of benzene rings is 4. The van der Waals surface area contributed by atoms with Crippen molar-refractivity contribution >= 4 is 0 Å². The predicted molar refractivity (Wildman–Crippen MR) is 166 cm³/mol. The zero-order valence-corrected chi connectivity index (χ0v) is 25.1. The Morgan fingerprint density at radius 1 is 0.310 bits per heavy atom. The molecule has 4 aromatic carbocycles. The summed E-state index contributed by atoms with van der Waals surface area (Å²) in [6.07, 6.45) is 6.80. The van der Waals surface area contributed by atoms with Crippen molar-refractivity contribution in [2.75, 3.05) is 28.4 Å². The van der Waals surface area contributed by atoms with Gasteiger partial charge in [0, 0.05) is 0 Å². The number of hydrogen-bond donors (Lipinski definition) is 0. The third kappa shape index (κ3) is 4.10. The first-order valence-electron chi connectivity index (χ1n) is 15.0. The van der Waals surface area contributed by atoms with Crippen LogP contribution >= 0.6 is 0 Å². The third-order valence-corrected chi connectivity index (χ3v) is 10.9. The summed E-state index contributed by atoms with van der Waals surface area (Å²) in [6.45, 7) is 0. The molecule has 0 N–H and O–H groups in total. The van der Waals surface area contributed by atoms with Crippen LogP contribution in [-0.2, 0) is 21.7 Å². The summed E-state index contributed by atoms with van der Waals surface area (Å²) in [5.41, 5.74) is 5.77. The number of rotatable bonds is 8. The Balaban J connectivity index is 1.47. The minimum Gasteiger partial charge on any atom is -0.497 e. The van der Waals surface area contributed by atoms with Gasteiger partial charge < -0.3 is 18.9 Å². The Bertz CT molecular complexity index is 1280. The maximum Gasteiger partial charge on any atom is 0.118 e. The van der Waals surface area contributed by atoms with E-state index in [1.807, 2.05) is 0 Å². The summed E-state index contributed by atoms with van der Waals surface area (Å²) in [7, 11) is 6.98. The van der Waals surface area contributed by atoms with E-state index in [9.17, 15) is 0 Å². The molecule has 4 aromatic rings. The smallest absolute Gasteiger partial charge is 0.118 e. The first-order valence-corrected chi connectivity index (χ1v) is 15.0. The van der Waals surface area contributed by atoms with Crippen molar-refractivity contribution < 1.29 is 18.9 Å². The van der Waals surface area contributed by atoms with Gasteiger partial charge in [-0.2, -0.15) is 0 Å². The van der Waals surface area contributed by atoms with Gasteiger partial charge in [0.05, 0.1) is 28.4 Å². The van der Waals surface area contributed by atoms with E-state index < -0.39 is 0 Å². The van der Waals surface area contributed by atoms with Crippen molar-refractivity contribution in [3.8, 4) is 23.0 Å². The van der Waals surface area contributed by atoms with E-state index in [-0.39, 0.29) is 21.7 Å². The number of methoxy groups -OCH3 is 4. The second-order valence-corrected chi connectivity index (χ2v) is 13.1. The molecule has 0 unspecified atom stereocenters. The Morgan fingerprint density at radius 3 is 0.619 bits per heavy atom. The van der Waals surface area contributed by atoms with E-state index in [4.69, 9.17) is 18.9 Å². The number of hydrogen-bond acceptors (Lipinski definition) is 4. The van der Waals surface area contributed by atoms with Crippen molar-refractivity contribution in [1.29, 1.82) is 0 Å². The fraction of sp³-hybridized carbons (Fsp3) is 0.368. The molecule has 0 heterocycles. The molecule has 0 amide bonds. The zero-order chi connectivity index (χ0) is 29.0. The van der Waals surface area contributed by atoms with Crippen LogP contribution in [0.5, 0.6) is 23.0 Å². The lowest BCUT2D eigenvalue weighted by Gasteiger charge is -2.71. The van der Waals surface area contributed by atoms with Crippen LogP contribution in [0.25, 0.3) is 0 Å². The topological polar surface area (TPSA) is 36.9 Å². The molecule has 8 rings (SSSR count). The molecule has 4 saturated carbocycles. The Hall–Kier alpha value is -3.92. The summed E-state index contributed by atoms with van der Waals surface area (Å²) >= 11 is 0. The molecule has 0 radical (unpaired) electrons. The van der Waals surface area contributed by atoms with E-state index in [0.29, 0.717) is 0 Å². The molecule has 42 heavy (non-hydrogen) atoms. The van der Waals surface area contributed by atoms with Gasteiger partial charge in [0.2, 0.25) is 0 Å². The van der Waals surface area contributed by atoms with Gasteiger partial charge in [-0.15, -0.1) is 0 Å². The zero-order valence-electron chi connectivity index (χ0n) is 25.1. The van der Waals surface area contributed by atoms with Gasteiger partial charge in [0.15, 0.2) is 0 Å². The second kappa shape index (κ2) is 9.83. The molecular weight excluding hydrogens is 520 g/mol. The highest BCUT2D eigenvalue weighted by Crippen LogP contribution is 2.74. The fourth-order valence-corrected chi connectivity index (χ4v) is 9.64. The Morgan fingerprint density at radius 2 is 0.476 bits per heavy atom. The lowest BCUT2D eigenvalue weighted by atomic mass is 9.32. The lowest BCUT2D eigenvalue weighted by molar-refractivity contribution is -0.0692. The van der Waals surface area contributed by atoms with Crippen molar-refractivity contribution in [3.63, 3.8) is 0 Å². The minimum atomic E-state index is 0.0147. The molecule has 0 atom stereocenters. The van der Waals surface area contributed by atoms with E-state index in [2.05, 4.69) is 97.1 Å². The minimum absolute atomic E-state index is 0.0147. The van der Waals surface area contributed by atoms with Crippen LogP contribution in [0.4, 0.5) is 0 Å². The Labute approximate surface area is 249 Å². The largest absolute Gasteiger partial charge is 0.497 e. The maximum absolute atomic E-state index is 5.59. The van der Waals surface area contributed by atoms with Gasteiger partial charge in [0.1, 0.15) is 23.0 Å². The molecule has 4 aliphatic carbocycles. The SMILES string of the molecule is COc1ccc(C23CC4(c5ccc(OC)cc5)CC(c5ccc(OC)cc5)(C2)CC(c2ccc(OC)cc2)(C3)C4)cc1. The van der Waals surface area contributed by atoms with Gasteiger partial charge in [-0.3, -0.25) is 0 Å². The van der Waals surface area contributed by atoms with Gasteiger partial charge >= 0.3 is 0 Å². The van der Waals surface area contributed by atoms with E-state index >= 15 is 0 Å². The first-order chi connectivity index (χ1) is 20.4. The fourth-order valence-electron chi connectivity index (χ4n) is 9.64. The standard InChI is InChI=1S/C38H40O4/c1-39-31-13-5-27(6-14-31)35-21-36(28-7-15-32(40-2)16-8-28)24-37(22-35,29-9-17-33(41-3)18-10-29)26-38(23-35,25-36)30-11-19-34(42-4)20-12-30/h5-20H,21-26H2,1-4H3. The van der Waals surface area contributed by atoms with Crippen molar-refractivity contribution in [3.05, 3.63) is 119 Å². The van der Waals surface area contributed by atoms with Crippen LogP contribution in [-0.4, -0.2) is 28.4 Å². The van der Waals surface area contributed by atoms with Gasteiger partial charge in [-0.05, 0) is 131 Å². The summed E-state index contributed by atoms with van der Waals surface area (Å²) in [4.78, 5) is 0. The summed E-state index contributed by atoms with van der Waals surface area (Å²) in [5, 5.41) is 0. The molecule has 216 valence electrons. The quantitative estimate of drug-likeness (QED) is 0.218. The van der Waals surface area contributed by atoms with Crippen LogP contribution in [0.15, 0.2) is 97.1 Å². The molecule has 4 aliphatic rings. The summed E-state index contributed by atoms with van der Waals surface area (Å²) in [6, 6.07) is 35.8. The lowest BCUT2D eigenvalue weighted by Crippen LogP contribution is -2.67. The molecule has 0 spiro atoms. The summed E-state index contributed by atoms with van der Waals surface area (Å²) < 4.78 is 22.3. The molecular formula is C38H40O4. The maximum atomic E-state index is 5.59. The number of ether oxygens (including phenoxy) is 4. The highest BCUT2D eigenvalue weighted by Gasteiger charge is 2.69. The van der Waals surface area contributed by atoms with Gasteiger partial charge in [-0.25, -0.2) is 0 Å². The molecule has 4 fully saturated rings. The van der Waals surface area contributed by atoms with Gasteiger partial charge in [0.25, 0.3) is 0 Å². The molecule has 4 bridgehead atoms. The monoisotopic (exact) mass is 560 g/mol. The third-order valence-electron chi connectivity index (χ3n) is 10.9. The first kappa shape index (κ1) is 26.9. The van der Waals surface area contributed by atoms with Gasteiger partial charge in [-0.1, -0.05) is 48.5 Å².